The lowest BCUT2D eigenvalue weighted by Crippen LogP contribution is -2.43. The van der Waals surface area contributed by atoms with Crippen LogP contribution in [-0.2, 0) is 17.5 Å². The van der Waals surface area contributed by atoms with E-state index in [1.165, 1.54) is 6.07 Å². The Kier molecular flexibility index (Phi) is 5.95. The fraction of sp³-hybridized carbons (Fsp3) is 0.632. The maximum Gasteiger partial charge on any atom is 0.416 e. The number of guanidine groups is 1. The molecule has 2 fully saturated rings. The van der Waals surface area contributed by atoms with E-state index >= 15 is 0 Å². The molecule has 1 aliphatic heterocycles. The molecule has 2 atom stereocenters. The SMILES string of the molecule is NC(=NCc1cccc(C(F)(F)F)c1)NCC1CCC2(CCOCC2)C1O. The van der Waals surface area contributed by atoms with Gasteiger partial charge in [-0.05, 0) is 43.4 Å². The van der Waals surface area contributed by atoms with Gasteiger partial charge in [0.05, 0.1) is 18.2 Å². The van der Waals surface area contributed by atoms with Gasteiger partial charge >= 0.3 is 6.18 Å². The Balaban J connectivity index is 1.52. The highest BCUT2D eigenvalue weighted by atomic mass is 19.4. The summed E-state index contributed by atoms with van der Waals surface area (Å²) in [6.07, 6.45) is -1.12. The van der Waals surface area contributed by atoms with Gasteiger partial charge in [-0.1, -0.05) is 12.1 Å². The summed E-state index contributed by atoms with van der Waals surface area (Å²) in [4.78, 5) is 4.12. The van der Waals surface area contributed by atoms with Crippen LogP contribution in [0.1, 0.15) is 36.8 Å². The van der Waals surface area contributed by atoms with Crippen LogP contribution in [0.2, 0.25) is 0 Å². The number of hydrogen-bond acceptors (Lipinski definition) is 3. The van der Waals surface area contributed by atoms with Gasteiger partial charge in [-0.25, -0.2) is 4.99 Å². The number of nitrogens with one attached hydrogen (secondary N) is 1. The number of nitrogens with zero attached hydrogens (tertiary/aromatic N) is 1. The van der Waals surface area contributed by atoms with Crippen molar-refractivity contribution in [2.45, 2.75) is 44.5 Å². The summed E-state index contributed by atoms with van der Waals surface area (Å²) >= 11 is 0. The minimum Gasteiger partial charge on any atom is -0.392 e. The summed E-state index contributed by atoms with van der Waals surface area (Å²) in [5.74, 6) is 0.262. The van der Waals surface area contributed by atoms with E-state index in [1.807, 2.05) is 0 Å². The summed E-state index contributed by atoms with van der Waals surface area (Å²) in [5, 5.41) is 13.7. The second kappa shape index (κ2) is 8.06. The molecule has 1 aliphatic carbocycles. The molecular formula is C19H26F3N3O2. The first-order valence-corrected chi connectivity index (χ1v) is 9.26. The van der Waals surface area contributed by atoms with Crippen molar-refractivity contribution < 1.29 is 23.0 Å². The van der Waals surface area contributed by atoms with E-state index in [1.54, 1.807) is 6.07 Å². The van der Waals surface area contributed by atoms with Crippen molar-refractivity contribution in [2.75, 3.05) is 19.8 Å². The molecule has 2 aliphatic rings. The highest BCUT2D eigenvalue weighted by Gasteiger charge is 2.47. The maximum atomic E-state index is 12.7. The number of aliphatic imine (C=N–C) groups is 1. The average Bonchev–Trinajstić information content (AvgIpc) is 2.94. The van der Waals surface area contributed by atoms with Gasteiger partial charge in [0.25, 0.3) is 0 Å². The third-order valence-corrected chi connectivity index (χ3v) is 5.81. The van der Waals surface area contributed by atoms with E-state index in [0.29, 0.717) is 25.3 Å². The molecule has 1 aromatic rings. The van der Waals surface area contributed by atoms with E-state index in [0.717, 1.165) is 37.8 Å². The van der Waals surface area contributed by atoms with Crippen LogP contribution in [0.4, 0.5) is 13.2 Å². The lowest BCUT2D eigenvalue weighted by molar-refractivity contribution is -0.137. The van der Waals surface area contributed by atoms with Crippen molar-refractivity contribution in [1.29, 1.82) is 0 Å². The monoisotopic (exact) mass is 385 g/mol. The summed E-state index contributed by atoms with van der Waals surface area (Å²) in [6.45, 7) is 1.95. The zero-order valence-electron chi connectivity index (χ0n) is 15.1. The van der Waals surface area contributed by atoms with E-state index < -0.39 is 17.8 Å². The van der Waals surface area contributed by atoms with Crippen LogP contribution < -0.4 is 11.1 Å². The van der Waals surface area contributed by atoms with Crippen LogP contribution in [0, 0.1) is 11.3 Å². The second-order valence-electron chi connectivity index (χ2n) is 7.50. The molecule has 3 rings (SSSR count). The normalized spacial score (nSPS) is 25.7. The van der Waals surface area contributed by atoms with Crippen LogP contribution in [0.3, 0.4) is 0 Å². The van der Waals surface area contributed by atoms with Gasteiger partial charge in [-0.15, -0.1) is 0 Å². The van der Waals surface area contributed by atoms with Crippen LogP contribution in [-0.4, -0.2) is 36.9 Å². The molecule has 1 spiro atoms. The molecule has 1 saturated carbocycles. The average molecular weight is 385 g/mol. The number of halogens is 3. The van der Waals surface area contributed by atoms with Crippen LogP contribution in [0.5, 0.6) is 0 Å². The summed E-state index contributed by atoms with van der Waals surface area (Å²) in [5.41, 5.74) is 5.55. The third-order valence-electron chi connectivity index (χ3n) is 5.81. The molecule has 150 valence electrons. The van der Waals surface area contributed by atoms with Gasteiger partial charge in [-0.3, -0.25) is 0 Å². The Morgan fingerprint density at radius 3 is 2.74 bits per heavy atom. The first-order chi connectivity index (χ1) is 12.8. The predicted octanol–water partition coefficient (Wildman–Crippen LogP) is 2.68. The van der Waals surface area contributed by atoms with Crippen LogP contribution >= 0.6 is 0 Å². The number of rotatable bonds is 4. The van der Waals surface area contributed by atoms with Crippen molar-refractivity contribution in [1.82, 2.24) is 5.32 Å². The molecule has 0 aromatic heterocycles. The van der Waals surface area contributed by atoms with E-state index in [9.17, 15) is 18.3 Å². The highest BCUT2D eigenvalue weighted by molar-refractivity contribution is 5.77. The van der Waals surface area contributed by atoms with Crippen LogP contribution in [0.15, 0.2) is 29.3 Å². The van der Waals surface area contributed by atoms with Gasteiger partial charge in [0, 0.05) is 31.1 Å². The Morgan fingerprint density at radius 1 is 1.30 bits per heavy atom. The summed E-state index contributed by atoms with van der Waals surface area (Å²) in [6, 6.07) is 5.05. The standard InChI is InChI=1S/C19H26F3N3O2/c20-19(21,22)15-3-1-2-13(10-15)11-24-17(23)25-12-14-4-5-18(16(14)26)6-8-27-9-7-18/h1-3,10,14,16,26H,4-9,11-12H2,(H3,23,24,25). The van der Waals surface area contributed by atoms with Gasteiger partial charge in [-0.2, -0.15) is 13.2 Å². The zero-order valence-corrected chi connectivity index (χ0v) is 15.1. The molecule has 27 heavy (non-hydrogen) atoms. The van der Waals surface area contributed by atoms with Crippen molar-refractivity contribution in [3.8, 4) is 0 Å². The number of hydrogen-bond donors (Lipinski definition) is 3. The molecule has 1 aromatic carbocycles. The lowest BCUT2D eigenvalue weighted by atomic mass is 9.76. The predicted molar refractivity (Wildman–Crippen MR) is 96.0 cm³/mol. The molecule has 1 heterocycles. The number of nitrogens with two attached hydrogens (primary N) is 1. The molecule has 0 amide bonds. The van der Waals surface area contributed by atoms with E-state index in [-0.39, 0.29) is 23.8 Å². The van der Waals surface area contributed by atoms with Crippen LogP contribution in [0.25, 0.3) is 0 Å². The Morgan fingerprint density at radius 2 is 2.04 bits per heavy atom. The number of alkyl halides is 3. The maximum absolute atomic E-state index is 12.7. The molecule has 0 bridgehead atoms. The minimum absolute atomic E-state index is 0.0471. The Bertz CT molecular complexity index is 672. The van der Waals surface area contributed by atoms with Gasteiger partial charge in [0.15, 0.2) is 5.96 Å². The van der Waals surface area contributed by atoms with Gasteiger partial charge in [0.2, 0.25) is 0 Å². The molecule has 0 radical (unpaired) electrons. The van der Waals surface area contributed by atoms with Gasteiger partial charge < -0.3 is 20.9 Å². The number of ether oxygens (including phenoxy) is 1. The van der Waals surface area contributed by atoms with E-state index in [2.05, 4.69) is 10.3 Å². The second-order valence-corrected chi connectivity index (χ2v) is 7.50. The molecule has 5 nitrogen and oxygen atoms in total. The molecule has 4 N–H and O–H groups in total. The molecular weight excluding hydrogens is 359 g/mol. The summed E-state index contributed by atoms with van der Waals surface area (Å²) in [7, 11) is 0. The van der Waals surface area contributed by atoms with Crippen molar-refractivity contribution in [3.63, 3.8) is 0 Å². The Labute approximate surface area is 156 Å². The Hall–Kier alpha value is -1.80. The first kappa shape index (κ1) is 19.9. The molecule has 1 saturated heterocycles. The number of aliphatic hydroxyl groups is 1. The topological polar surface area (TPSA) is 79.9 Å². The quantitative estimate of drug-likeness (QED) is 0.550. The van der Waals surface area contributed by atoms with Gasteiger partial charge in [0.1, 0.15) is 0 Å². The lowest BCUT2D eigenvalue weighted by Gasteiger charge is -2.37. The fourth-order valence-electron chi connectivity index (χ4n) is 4.13. The zero-order chi connectivity index (χ0) is 19.5. The minimum atomic E-state index is -4.37. The summed E-state index contributed by atoms with van der Waals surface area (Å²) < 4.78 is 43.6. The van der Waals surface area contributed by atoms with Crippen molar-refractivity contribution >= 4 is 5.96 Å². The smallest absolute Gasteiger partial charge is 0.392 e. The fourth-order valence-corrected chi connectivity index (χ4v) is 4.13. The number of benzene rings is 1. The van der Waals surface area contributed by atoms with E-state index in [4.69, 9.17) is 10.5 Å². The first-order valence-electron chi connectivity index (χ1n) is 9.26. The van der Waals surface area contributed by atoms with Crippen molar-refractivity contribution in [2.24, 2.45) is 22.1 Å². The molecule has 8 heteroatoms. The molecule has 2 unspecified atom stereocenters. The van der Waals surface area contributed by atoms with Crippen molar-refractivity contribution in [3.05, 3.63) is 35.4 Å². The largest absolute Gasteiger partial charge is 0.416 e. The third kappa shape index (κ3) is 4.73. The number of aliphatic hydroxyl groups excluding tert-OH is 1. The highest BCUT2D eigenvalue weighted by Crippen LogP contribution is 2.48.